The Labute approximate surface area is 187 Å². The van der Waals surface area contributed by atoms with Crippen molar-refractivity contribution < 1.29 is 23.1 Å². The number of halogens is 2. The van der Waals surface area contributed by atoms with Gasteiger partial charge in [-0.1, -0.05) is 24.3 Å². The lowest BCUT2D eigenvalue weighted by Gasteiger charge is -2.34. The predicted molar refractivity (Wildman–Crippen MR) is 114 cm³/mol. The van der Waals surface area contributed by atoms with Crippen molar-refractivity contribution >= 4 is 16.8 Å². The third-order valence-electron chi connectivity index (χ3n) is 5.66. The maximum absolute atomic E-state index is 13.7. The van der Waals surface area contributed by atoms with Gasteiger partial charge < -0.3 is 19.4 Å². The SMILES string of the molecule is CC(C)(O)c1nc(C(F)F)c(C(=O)N2CCc3[nH]cnc3[C@@H]2c2ccc3ccccc3n2)o1. The van der Waals surface area contributed by atoms with Gasteiger partial charge >= 0.3 is 0 Å². The Morgan fingerprint density at radius 1 is 1.24 bits per heavy atom. The minimum atomic E-state index is -3.05. The van der Waals surface area contributed by atoms with Gasteiger partial charge in [-0.25, -0.2) is 18.7 Å². The Balaban J connectivity index is 1.62. The molecule has 33 heavy (non-hydrogen) atoms. The van der Waals surface area contributed by atoms with Crippen LogP contribution in [0.4, 0.5) is 8.78 Å². The molecule has 4 heterocycles. The van der Waals surface area contributed by atoms with Gasteiger partial charge in [0.05, 0.1) is 23.2 Å². The summed E-state index contributed by atoms with van der Waals surface area (Å²) in [6.45, 7) is 2.93. The highest BCUT2D eigenvalue weighted by Gasteiger charge is 2.40. The van der Waals surface area contributed by atoms with Crippen LogP contribution in [0.1, 0.15) is 65.5 Å². The molecule has 2 N–H and O–H groups in total. The van der Waals surface area contributed by atoms with Crippen molar-refractivity contribution in [2.45, 2.75) is 38.3 Å². The normalized spacial score (nSPS) is 16.4. The van der Waals surface area contributed by atoms with E-state index in [4.69, 9.17) is 9.40 Å². The number of amides is 1. The van der Waals surface area contributed by atoms with Crippen molar-refractivity contribution in [3.05, 3.63) is 77.2 Å². The number of rotatable bonds is 4. The number of pyridine rings is 1. The summed E-state index contributed by atoms with van der Waals surface area (Å²) in [4.78, 5) is 30.9. The van der Waals surface area contributed by atoms with E-state index in [1.54, 1.807) is 6.07 Å². The van der Waals surface area contributed by atoms with Crippen LogP contribution < -0.4 is 0 Å². The van der Waals surface area contributed by atoms with E-state index in [0.717, 1.165) is 16.6 Å². The molecule has 3 aromatic heterocycles. The van der Waals surface area contributed by atoms with E-state index in [1.165, 1.54) is 25.1 Å². The summed E-state index contributed by atoms with van der Waals surface area (Å²) in [6.07, 6.45) is -1.05. The largest absolute Gasteiger partial charge is 0.432 e. The van der Waals surface area contributed by atoms with Crippen LogP contribution in [0.2, 0.25) is 0 Å². The number of imidazole rings is 1. The maximum atomic E-state index is 13.7. The van der Waals surface area contributed by atoms with Crippen LogP contribution in [0.25, 0.3) is 10.9 Å². The maximum Gasteiger partial charge on any atom is 0.292 e. The fourth-order valence-corrected chi connectivity index (χ4v) is 4.05. The predicted octanol–water partition coefficient (Wildman–Crippen LogP) is 3.90. The first-order valence-corrected chi connectivity index (χ1v) is 10.4. The second-order valence-corrected chi connectivity index (χ2v) is 8.44. The highest BCUT2D eigenvalue weighted by atomic mass is 19.3. The van der Waals surface area contributed by atoms with Gasteiger partial charge in [0.2, 0.25) is 11.7 Å². The molecule has 5 rings (SSSR count). The number of aromatic amines is 1. The zero-order valence-corrected chi connectivity index (χ0v) is 17.9. The second kappa shape index (κ2) is 7.73. The summed E-state index contributed by atoms with van der Waals surface area (Å²) < 4.78 is 32.9. The van der Waals surface area contributed by atoms with E-state index >= 15 is 0 Å². The summed E-state index contributed by atoms with van der Waals surface area (Å²) in [6, 6.07) is 10.5. The lowest BCUT2D eigenvalue weighted by molar-refractivity contribution is 0.0440. The number of hydrogen-bond donors (Lipinski definition) is 2. The number of aliphatic hydroxyl groups is 1. The summed E-state index contributed by atoms with van der Waals surface area (Å²) in [5.74, 6) is -1.70. The molecule has 0 unspecified atom stereocenters. The number of carbonyl (C=O) groups is 1. The molecular weight excluding hydrogens is 432 g/mol. The van der Waals surface area contributed by atoms with Gasteiger partial charge in [-0.15, -0.1) is 0 Å². The standard InChI is InChI=1S/C23H21F2N5O3/c1-23(2,32)22-29-17(20(24)25)19(33-22)21(31)30-10-9-14-16(27-11-26-14)18(30)15-8-7-12-5-3-4-6-13(12)28-15/h3-8,11,18,20,32H,9-10H2,1-2H3,(H,26,27)/t18-/m0/s1. The summed E-state index contributed by atoms with van der Waals surface area (Å²) in [5, 5.41) is 11.1. The van der Waals surface area contributed by atoms with Crippen molar-refractivity contribution in [2.24, 2.45) is 0 Å². The van der Waals surface area contributed by atoms with Crippen molar-refractivity contribution in [1.82, 2.24) is 24.8 Å². The highest BCUT2D eigenvalue weighted by Crippen LogP contribution is 2.36. The summed E-state index contributed by atoms with van der Waals surface area (Å²) in [7, 11) is 0. The Hall–Kier alpha value is -3.66. The van der Waals surface area contributed by atoms with Crippen molar-refractivity contribution in [3.63, 3.8) is 0 Å². The molecule has 0 bridgehead atoms. The Morgan fingerprint density at radius 3 is 2.79 bits per heavy atom. The Bertz CT molecular complexity index is 1340. The van der Waals surface area contributed by atoms with E-state index in [2.05, 4.69) is 15.0 Å². The zero-order valence-electron chi connectivity index (χ0n) is 17.9. The minimum Gasteiger partial charge on any atom is -0.432 e. The zero-order chi connectivity index (χ0) is 23.3. The van der Waals surface area contributed by atoms with Crippen LogP contribution in [0, 0.1) is 0 Å². The average molecular weight is 453 g/mol. The van der Waals surface area contributed by atoms with Gasteiger partial charge in [-0.05, 0) is 26.0 Å². The molecule has 0 saturated carbocycles. The average Bonchev–Trinajstić information content (AvgIpc) is 3.45. The molecule has 1 atom stereocenters. The molecule has 1 amide bonds. The van der Waals surface area contributed by atoms with E-state index in [-0.39, 0.29) is 12.4 Å². The van der Waals surface area contributed by atoms with Crippen molar-refractivity contribution in [1.29, 1.82) is 0 Å². The van der Waals surface area contributed by atoms with Crippen LogP contribution in [-0.4, -0.2) is 42.4 Å². The number of nitrogens with zero attached hydrogens (tertiary/aromatic N) is 4. The smallest absolute Gasteiger partial charge is 0.292 e. The van der Waals surface area contributed by atoms with E-state index in [1.807, 2.05) is 30.3 Å². The molecule has 0 fully saturated rings. The number of fused-ring (bicyclic) bond motifs is 2. The quantitative estimate of drug-likeness (QED) is 0.485. The van der Waals surface area contributed by atoms with Gasteiger partial charge in [0.1, 0.15) is 11.6 Å². The number of oxazole rings is 1. The first-order valence-electron chi connectivity index (χ1n) is 10.4. The molecule has 170 valence electrons. The van der Waals surface area contributed by atoms with Gasteiger partial charge in [0.15, 0.2) is 5.69 Å². The molecule has 8 nitrogen and oxygen atoms in total. The number of carbonyl (C=O) groups excluding carboxylic acids is 1. The molecule has 0 aliphatic carbocycles. The van der Waals surface area contributed by atoms with E-state index in [9.17, 15) is 18.7 Å². The fourth-order valence-electron chi connectivity index (χ4n) is 4.05. The number of benzene rings is 1. The molecule has 0 spiro atoms. The number of para-hydroxylation sites is 1. The molecular formula is C23H21F2N5O3. The van der Waals surface area contributed by atoms with Crippen LogP contribution in [0.5, 0.6) is 0 Å². The van der Waals surface area contributed by atoms with Crippen LogP contribution >= 0.6 is 0 Å². The number of H-pyrrole nitrogens is 1. The van der Waals surface area contributed by atoms with Gasteiger partial charge in [-0.2, -0.15) is 0 Å². The molecule has 0 saturated heterocycles. The molecule has 1 aromatic carbocycles. The summed E-state index contributed by atoms with van der Waals surface area (Å²) >= 11 is 0. The van der Waals surface area contributed by atoms with E-state index in [0.29, 0.717) is 17.8 Å². The minimum absolute atomic E-state index is 0.231. The van der Waals surface area contributed by atoms with Crippen LogP contribution in [-0.2, 0) is 12.0 Å². The van der Waals surface area contributed by atoms with Crippen molar-refractivity contribution in [2.75, 3.05) is 6.54 Å². The molecule has 1 aliphatic rings. The summed E-state index contributed by atoms with van der Waals surface area (Å²) in [5.41, 5.74) is 0.313. The number of nitrogens with one attached hydrogen (secondary N) is 1. The monoisotopic (exact) mass is 453 g/mol. The third kappa shape index (κ3) is 3.66. The topological polar surface area (TPSA) is 108 Å². The second-order valence-electron chi connectivity index (χ2n) is 8.44. The number of alkyl halides is 2. The van der Waals surface area contributed by atoms with Gasteiger partial charge in [-0.3, -0.25) is 9.78 Å². The molecule has 4 aromatic rings. The molecule has 0 radical (unpaired) electrons. The molecule has 1 aliphatic heterocycles. The number of aromatic nitrogens is 4. The first-order chi connectivity index (χ1) is 15.7. The van der Waals surface area contributed by atoms with E-state index < -0.39 is 35.4 Å². The van der Waals surface area contributed by atoms with Crippen molar-refractivity contribution in [3.8, 4) is 0 Å². The number of hydrogen-bond acceptors (Lipinski definition) is 6. The van der Waals surface area contributed by atoms with Crippen LogP contribution in [0.3, 0.4) is 0 Å². The van der Waals surface area contributed by atoms with Crippen LogP contribution in [0.15, 0.2) is 47.1 Å². The van der Waals surface area contributed by atoms with Gasteiger partial charge in [0, 0.05) is 24.0 Å². The molecule has 10 heteroatoms. The van der Waals surface area contributed by atoms with Gasteiger partial charge in [0.25, 0.3) is 12.3 Å². The first kappa shape index (κ1) is 21.2. The Morgan fingerprint density at radius 2 is 2.03 bits per heavy atom. The lowest BCUT2D eigenvalue weighted by Crippen LogP contribution is -2.41. The highest BCUT2D eigenvalue weighted by molar-refractivity contribution is 5.93. The third-order valence-corrected chi connectivity index (χ3v) is 5.66. The fraction of sp³-hybridized carbons (Fsp3) is 0.304. The Kier molecular flexibility index (Phi) is 4.97. The lowest BCUT2D eigenvalue weighted by atomic mass is 9.98.